The second-order valence-electron chi connectivity index (χ2n) is 3.45. The molecule has 0 aliphatic carbocycles. The minimum absolute atomic E-state index is 0.0884. The first-order valence-corrected chi connectivity index (χ1v) is 5.26. The topological polar surface area (TPSA) is 37.3 Å². The van der Waals surface area contributed by atoms with Crippen molar-refractivity contribution in [2.24, 2.45) is 0 Å². The Labute approximate surface area is 88.4 Å². The van der Waals surface area contributed by atoms with Gasteiger partial charge in [0.05, 0.1) is 4.75 Å². The van der Waals surface area contributed by atoms with Crippen molar-refractivity contribution in [3.63, 3.8) is 0 Å². The summed E-state index contributed by atoms with van der Waals surface area (Å²) in [6.07, 6.45) is 7.05. The van der Waals surface area contributed by atoms with Crippen LogP contribution in [-0.4, -0.2) is 15.0 Å². The van der Waals surface area contributed by atoms with Crippen LogP contribution in [-0.2, 0) is 4.79 Å². The van der Waals surface area contributed by atoms with E-state index in [2.05, 4.69) is 0 Å². The Hall–Kier alpha value is -0.960. The highest BCUT2D eigenvalue weighted by atomic mass is 32.2. The summed E-state index contributed by atoms with van der Waals surface area (Å²) in [5.74, 6) is 0.136. The third kappa shape index (κ3) is 2.29. The molecule has 1 unspecified atom stereocenters. The normalized spacial score (nSPS) is 28.6. The van der Waals surface area contributed by atoms with E-state index in [-0.39, 0.29) is 10.9 Å². The minimum atomic E-state index is -0.583. The Balaban J connectivity index is 2.94. The SMILES string of the molecule is C/C=C/C(C)=C/C1(C)SC(=O)C=C1O. The van der Waals surface area contributed by atoms with Gasteiger partial charge in [-0.3, -0.25) is 4.79 Å². The predicted octanol–water partition coefficient (Wildman–Crippen LogP) is 2.98. The summed E-state index contributed by atoms with van der Waals surface area (Å²) < 4.78 is -0.583. The Morgan fingerprint density at radius 3 is 2.71 bits per heavy atom. The van der Waals surface area contributed by atoms with E-state index in [4.69, 9.17) is 0 Å². The van der Waals surface area contributed by atoms with Crippen molar-refractivity contribution in [3.8, 4) is 0 Å². The van der Waals surface area contributed by atoms with Gasteiger partial charge in [0, 0.05) is 6.08 Å². The number of aliphatic hydroxyl groups is 1. The number of rotatable bonds is 2. The first-order chi connectivity index (χ1) is 6.48. The second kappa shape index (κ2) is 4.05. The molecule has 0 fully saturated rings. The Kier molecular flexibility index (Phi) is 3.21. The number of thioether (sulfide) groups is 1. The molecule has 1 rings (SSSR count). The molecule has 0 radical (unpaired) electrons. The fourth-order valence-electron chi connectivity index (χ4n) is 1.39. The van der Waals surface area contributed by atoms with Crippen LogP contribution in [0.1, 0.15) is 20.8 Å². The molecule has 0 saturated heterocycles. The lowest BCUT2D eigenvalue weighted by atomic mass is 10.0. The molecule has 76 valence electrons. The third-order valence-corrected chi connectivity index (χ3v) is 3.08. The maximum absolute atomic E-state index is 11.1. The van der Waals surface area contributed by atoms with Crippen molar-refractivity contribution in [2.75, 3.05) is 0 Å². The van der Waals surface area contributed by atoms with Gasteiger partial charge in [0.25, 0.3) is 0 Å². The molecule has 0 saturated carbocycles. The zero-order valence-corrected chi connectivity index (χ0v) is 9.39. The molecule has 3 heteroatoms. The van der Waals surface area contributed by atoms with Crippen molar-refractivity contribution in [2.45, 2.75) is 25.5 Å². The molecule has 1 aliphatic rings. The molecule has 1 N–H and O–H groups in total. The van der Waals surface area contributed by atoms with Crippen molar-refractivity contribution in [3.05, 3.63) is 35.6 Å². The van der Waals surface area contributed by atoms with Gasteiger partial charge in [0.2, 0.25) is 5.12 Å². The third-order valence-electron chi connectivity index (χ3n) is 2.01. The zero-order valence-electron chi connectivity index (χ0n) is 8.57. The van der Waals surface area contributed by atoms with Gasteiger partial charge >= 0.3 is 0 Å². The summed E-state index contributed by atoms with van der Waals surface area (Å²) in [5, 5.41) is 9.50. The highest BCUT2D eigenvalue weighted by Crippen LogP contribution is 2.40. The van der Waals surface area contributed by atoms with Gasteiger partial charge in [-0.05, 0) is 20.8 Å². The van der Waals surface area contributed by atoms with Gasteiger partial charge in [-0.1, -0.05) is 35.6 Å². The van der Waals surface area contributed by atoms with Gasteiger partial charge in [-0.15, -0.1) is 0 Å². The number of allylic oxidation sites excluding steroid dienone is 3. The van der Waals surface area contributed by atoms with E-state index in [1.165, 1.54) is 6.08 Å². The van der Waals surface area contributed by atoms with Crippen LogP contribution in [0.3, 0.4) is 0 Å². The maximum Gasteiger partial charge on any atom is 0.216 e. The second-order valence-corrected chi connectivity index (χ2v) is 4.90. The smallest absolute Gasteiger partial charge is 0.216 e. The lowest BCUT2D eigenvalue weighted by Crippen LogP contribution is -2.17. The van der Waals surface area contributed by atoms with Gasteiger partial charge in [0.1, 0.15) is 5.76 Å². The van der Waals surface area contributed by atoms with Crippen LogP contribution in [0.25, 0.3) is 0 Å². The van der Waals surface area contributed by atoms with Crippen LogP contribution in [0.5, 0.6) is 0 Å². The van der Waals surface area contributed by atoms with Gasteiger partial charge < -0.3 is 5.11 Å². The molecule has 0 amide bonds. The van der Waals surface area contributed by atoms with Crippen LogP contribution >= 0.6 is 11.8 Å². The summed E-state index contributed by atoms with van der Waals surface area (Å²) in [5.41, 5.74) is 1.04. The number of hydrogen-bond donors (Lipinski definition) is 1. The van der Waals surface area contributed by atoms with E-state index in [1.54, 1.807) is 0 Å². The molecule has 0 bridgehead atoms. The standard InChI is InChI=1S/C11H14O2S/c1-4-5-8(2)7-11(3)9(12)6-10(13)14-11/h4-7,12H,1-3H3/b5-4+,8-7+. The van der Waals surface area contributed by atoms with Gasteiger partial charge in [-0.25, -0.2) is 0 Å². The van der Waals surface area contributed by atoms with Crippen molar-refractivity contribution >= 4 is 16.9 Å². The fraction of sp³-hybridized carbons (Fsp3) is 0.364. The molecule has 1 heterocycles. The number of aliphatic hydroxyl groups excluding tert-OH is 1. The van der Waals surface area contributed by atoms with Crippen LogP contribution in [0.15, 0.2) is 35.6 Å². The molecule has 0 spiro atoms. The van der Waals surface area contributed by atoms with E-state index >= 15 is 0 Å². The first-order valence-electron chi connectivity index (χ1n) is 4.44. The van der Waals surface area contributed by atoms with Crippen LogP contribution < -0.4 is 0 Å². The molecular weight excluding hydrogens is 196 g/mol. The molecule has 0 aromatic rings. The number of hydrogen-bond acceptors (Lipinski definition) is 3. The Bertz CT molecular complexity index is 339. The molecule has 2 nitrogen and oxygen atoms in total. The zero-order chi connectivity index (χ0) is 10.8. The Morgan fingerprint density at radius 2 is 2.29 bits per heavy atom. The fourth-order valence-corrected chi connectivity index (χ4v) is 2.39. The van der Waals surface area contributed by atoms with Crippen LogP contribution in [0.2, 0.25) is 0 Å². The van der Waals surface area contributed by atoms with Crippen molar-refractivity contribution < 1.29 is 9.90 Å². The summed E-state index contributed by atoms with van der Waals surface area (Å²) in [6.45, 7) is 5.71. The number of carbonyl (C=O) groups is 1. The molecule has 1 atom stereocenters. The highest BCUT2D eigenvalue weighted by Gasteiger charge is 2.36. The van der Waals surface area contributed by atoms with Gasteiger partial charge in [0.15, 0.2) is 0 Å². The van der Waals surface area contributed by atoms with E-state index in [1.807, 2.05) is 39.0 Å². The molecular formula is C11H14O2S. The maximum atomic E-state index is 11.1. The summed E-state index contributed by atoms with van der Waals surface area (Å²) in [6, 6.07) is 0. The van der Waals surface area contributed by atoms with Crippen LogP contribution in [0.4, 0.5) is 0 Å². The number of carbonyl (C=O) groups excluding carboxylic acids is 1. The first kappa shape index (κ1) is 11.1. The van der Waals surface area contributed by atoms with E-state index in [0.29, 0.717) is 0 Å². The largest absolute Gasteiger partial charge is 0.510 e. The average molecular weight is 210 g/mol. The van der Waals surface area contributed by atoms with E-state index in [9.17, 15) is 9.90 Å². The average Bonchev–Trinajstić information content (AvgIpc) is 2.25. The molecule has 0 aromatic carbocycles. The summed E-state index contributed by atoms with van der Waals surface area (Å²) in [7, 11) is 0. The molecule has 0 aromatic heterocycles. The summed E-state index contributed by atoms with van der Waals surface area (Å²) in [4.78, 5) is 11.1. The Morgan fingerprint density at radius 1 is 1.64 bits per heavy atom. The van der Waals surface area contributed by atoms with E-state index < -0.39 is 4.75 Å². The lowest BCUT2D eigenvalue weighted by molar-refractivity contribution is -0.106. The monoisotopic (exact) mass is 210 g/mol. The van der Waals surface area contributed by atoms with Crippen molar-refractivity contribution in [1.29, 1.82) is 0 Å². The molecule has 1 aliphatic heterocycles. The minimum Gasteiger partial charge on any atom is -0.510 e. The predicted molar refractivity (Wildman–Crippen MR) is 60.3 cm³/mol. The van der Waals surface area contributed by atoms with E-state index in [0.717, 1.165) is 17.3 Å². The highest BCUT2D eigenvalue weighted by molar-refractivity contribution is 8.15. The van der Waals surface area contributed by atoms with Crippen molar-refractivity contribution in [1.82, 2.24) is 0 Å². The summed E-state index contributed by atoms with van der Waals surface area (Å²) >= 11 is 1.14. The quantitative estimate of drug-likeness (QED) is 0.712. The van der Waals surface area contributed by atoms with Gasteiger partial charge in [-0.2, -0.15) is 0 Å². The molecule has 14 heavy (non-hydrogen) atoms. The van der Waals surface area contributed by atoms with Crippen LogP contribution in [0, 0.1) is 0 Å². The lowest BCUT2D eigenvalue weighted by Gasteiger charge is -2.18.